The van der Waals surface area contributed by atoms with Gasteiger partial charge in [-0.15, -0.1) is 0 Å². The molecule has 0 heterocycles. The van der Waals surface area contributed by atoms with Crippen molar-refractivity contribution in [3.8, 4) is 0 Å². The Morgan fingerprint density at radius 1 is 0.529 bits per heavy atom. The van der Waals surface area contributed by atoms with Gasteiger partial charge < -0.3 is 9.47 Å². The number of esters is 2. The lowest BCUT2D eigenvalue weighted by molar-refractivity contribution is -0.154. The summed E-state index contributed by atoms with van der Waals surface area (Å²) in [4.78, 5) is 23.6. The molecule has 0 aromatic heterocycles. The van der Waals surface area contributed by atoms with Gasteiger partial charge in [-0.3, -0.25) is 9.59 Å². The summed E-state index contributed by atoms with van der Waals surface area (Å²) >= 11 is 0. The summed E-state index contributed by atoms with van der Waals surface area (Å²) in [6, 6.07) is 0. The van der Waals surface area contributed by atoms with Crippen LogP contribution in [0.5, 0.6) is 0 Å². The summed E-state index contributed by atoms with van der Waals surface area (Å²) in [7, 11) is 0. The predicted octanol–water partition coefficient (Wildman–Crippen LogP) is 9.47. The molecule has 4 nitrogen and oxygen atoms in total. The predicted molar refractivity (Wildman–Crippen MR) is 144 cm³/mol. The molecule has 0 rings (SSSR count). The van der Waals surface area contributed by atoms with E-state index >= 15 is 0 Å². The first-order valence-corrected chi connectivity index (χ1v) is 15.0. The lowest BCUT2D eigenvalue weighted by atomic mass is 10.0. The molecule has 0 aromatic rings. The van der Waals surface area contributed by atoms with Crippen LogP contribution in [0.25, 0.3) is 0 Å². The molecule has 1 unspecified atom stereocenters. The number of rotatable bonds is 26. The van der Waals surface area contributed by atoms with E-state index in [1.54, 1.807) is 0 Å². The summed E-state index contributed by atoms with van der Waals surface area (Å²) < 4.78 is 10.6. The minimum atomic E-state index is -0.287. The Balaban J connectivity index is 3.30. The summed E-state index contributed by atoms with van der Waals surface area (Å²) in [5.41, 5.74) is 0. The van der Waals surface area contributed by atoms with Crippen LogP contribution in [0.1, 0.15) is 168 Å². The highest BCUT2D eigenvalue weighted by Crippen LogP contribution is 2.14. The second-order valence-corrected chi connectivity index (χ2v) is 10.0. The minimum absolute atomic E-state index is 0.0202. The number of carbonyl (C=O) groups excluding carboxylic acids is 2. The highest BCUT2D eigenvalue weighted by atomic mass is 16.5. The lowest BCUT2D eigenvalue weighted by Crippen LogP contribution is -2.18. The summed E-state index contributed by atoms with van der Waals surface area (Å²) in [5.74, 6) is -0.571. The molecule has 0 N–H and O–H groups in total. The first-order chi connectivity index (χ1) is 16.6. The van der Waals surface area contributed by atoms with Crippen LogP contribution in [-0.4, -0.2) is 24.6 Å². The third kappa shape index (κ3) is 24.1. The Kier molecular flexibility index (Phi) is 25.7. The molecule has 0 fully saturated rings. The SMILES string of the molecule is CCCCCCCCCCCCCCCCCCCCOC(=O)CCC(=O)OC(CC)CCC. The van der Waals surface area contributed by atoms with Crippen LogP contribution in [0.3, 0.4) is 0 Å². The van der Waals surface area contributed by atoms with Crippen LogP contribution < -0.4 is 0 Å². The van der Waals surface area contributed by atoms with Crippen LogP contribution in [0, 0.1) is 0 Å². The van der Waals surface area contributed by atoms with Crippen LogP contribution in [0.15, 0.2) is 0 Å². The van der Waals surface area contributed by atoms with Gasteiger partial charge in [0.15, 0.2) is 0 Å². The zero-order chi connectivity index (χ0) is 25.1. The van der Waals surface area contributed by atoms with E-state index in [4.69, 9.17) is 9.47 Å². The smallest absolute Gasteiger partial charge is 0.306 e. The normalized spacial score (nSPS) is 12.0. The highest BCUT2D eigenvalue weighted by Gasteiger charge is 2.13. The molecule has 0 saturated heterocycles. The molecule has 0 amide bonds. The molecule has 1 atom stereocenters. The number of ether oxygens (including phenoxy) is 2. The maximum atomic E-state index is 11.8. The largest absolute Gasteiger partial charge is 0.466 e. The monoisotopic (exact) mass is 482 g/mol. The van der Waals surface area contributed by atoms with Gasteiger partial charge in [-0.1, -0.05) is 136 Å². The van der Waals surface area contributed by atoms with Crippen LogP contribution in [0.4, 0.5) is 0 Å². The quantitative estimate of drug-likeness (QED) is 0.0909. The maximum Gasteiger partial charge on any atom is 0.306 e. The molecule has 202 valence electrons. The fourth-order valence-corrected chi connectivity index (χ4v) is 4.38. The van der Waals surface area contributed by atoms with E-state index in [-0.39, 0.29) is 30.9 Å². The van der Waals surface area contributed by atoms with Gasteiger partial charge in [0.2, 0.25) is 0 Å². The summed E-state index contributed by atoms with van der Waals surface area (Å²) in [6.45, 7) is 6.85. The first-order valence-electron chi connectivity index (χ1n) is 15.0. The second-order valence-electron chi connectivity index (χ2n) is 10.0. The Bertz CT molecular complexity index is 449. The van der Waals surface area contributed by atoms with Gasteiger partial charge in [0.05, 0.1) is 19.4 Å². The minimum Gasteiger partial charge on any atom is -0.466 e. The van der Waals surface area contributed by atoms with Crippen molar-refractivity contribution in [2.75, 3.05) is 6.61 Å². The molecule has 0 bridgehead atoms. The average molecular weight is 483 g/mol. The van der Waals surface area contributed by atoms with Gasteiger partial charge in [0, 0.05) is 0 Å². The molecule has 0 spiro atoms. The molecule has 0 aliphatic rings. The van der Waals surface area contributed by atoms with Gasteiger partial charge in [-0.2, -0.15) is 0 Å². The van der Waals surface area contributed by atoms with Gasteiger partial charge in [-0.25, -0.2) is 0 Å². The van der Waals surface area contributed by atoms with Crippen LogP contribution in [0.2, 0.25) is 0 Å². The van der Waals surface area contributed by atoms with E-state index in [2.05, 4.69) is 13.8 Å². The van der Waals surface area contributed by atoms with E-state index < -0.39 is 0 Å². The lowest BCUT2D eigenvalue weighted by Gasteiger charge is -2.15. The summed E-state index contributed by atoms with van der Waals surface area (Å²) in [5, 5.41) is 0. The van der Waals surface area contributed by atoms with E-state index in [9.17, 15) is 9.59 Å². The van der Waals surface area contributed by atoms with E-state index in [1.807, 2.05) is 6.92 Å². The van der Waals surface area contributed by atoms with Gasteiger partial charge >= 0.3 is 11.9 Å². The fourth-order valence-electron chi connectivity index (χ4n) is 4.38. The number of carbonyl (C=O) groups is 2. The Hall–Kier alpha value is -1.06. The van der Waals surface area contributed by atoms with E-state index in [0.29, 0.717) is 6.61 Å². The topological polar surface area (TPSA) is 52.6 Å². The molecule has 0 saturated carbocycles. The third-order valence-corrected chi connectivity index (χ3v) is 6.66. The van der Waals surface area contributed by atoms with Crippen molar-refractivity contribution in [2.45, 2.75) is 175 Å². The maximum absolute atomic E-state index is 11.8. The Labute approximate surface area is 212 Å². The zero-order valence-corrected chi connectivity index (χ0v) is 23.2. The van der Waals surface area contributed by atoms with Crippen molar-refractivity contribution >= 4 is 11.9 Å². The molecule has 0 aromatic carbocycles. The highest BCUT2D eigenvalue weighted by molar-refractivity contribution is 5.77. The van der Waals surface area contributed by atoms with Crippen molar-refractivity contribution in [1.82, 2.24) is 0 Å². The molecule has 0 aliphatic heterocycles. The number of hydrogen-bond acceptors (Lipinski definition) is 4. The van der Waals surface area contributed by atoms with E-state index in [1.165, 1.54) is 103 Å². The molecule has 0 radical (unpaired) electrons. The van der Waals surface area contributed by atoms with Gasteiger partial charge in [0.25, 0.3) is 0 Å². The fraction of sp³-hybridized carbons (Fsp3) is 0.933. The van der Waals surface area contributed by atoms with Crippen molar-refractivity contribution in [3.05, 3.63) is 0 Å². The van der Waals surface area contributed by atoms with E-state index in [0.717, 1.165) is 32.1 Å². The molecular formula is C30H58O4. The Morgan fingerprint density at radius 2 is 0.941 bits per heavy atom. The van der Waals surface area contributed by atoms with Gasteiger partial charge in [-0.05, 0) is 19.3 Å². The van der Waals surface area contributed by atoms with Crippen molar-refractivity contribution < 1.29 is 19.1 Å². The van der Waals surface area contributed by atoms with Crippen LogP contribution >= 0.6 is 0 Å². The Morgan fingerprint density at radius 3 is 1.35 bits per heavy atom. The number of hydrogen-bond donors (Lipinski definition) is 0. The van der Waals surface area contributed by atoms with Crippen molar-refractivity contribution in [2.24, 2.45) is 0 Å². The van der Waals surface area contributed by atoms with Crippen molar-refractivity contribution in [3.63, 3.8) is 0 Å². The standard InChI is InChI=1S/C30H58O4/c1-4-7-8-9-10-11-12-13-14-15-16-17-18-19-20-21-22-23-27-33-29(31)25-26-30(32)34-28(6-3)24-5-2/h28H,4-27H2,1-3H3. The second kappa shape index (κ2) is 26.5. The molecule has 0 aliphatic carbocycles. The zero-order valence-electron chi connectivity index (χ0n) is 23.2. The molecular weight excluding hydrogens is 424 g/mol. The van der Waals surface area contributed by atoms with Crippen LogP contribution in [-0.2, 0) is 19.1 Å². The first kappa shape index (κ1) is 32.9. The molecule has 34 heavy (non-hydrogen) atoms. The third-order valence-electron chi connectivity index (χ3n) is 6.66. The van der Waals surface area contributed by atoms with Crippen molar-refractivity contribution in [1.29, 1.82) is 0 Å². The summed E-state index contributed by atoms with van der Waals surface area (Å²) in [6.07, 6.45) is 27.2. The average Bonchev–Trinajstić information content (AvgIpc) is 2.83. The van der Waals surface area contributed by atoms with Gasteiger partial charge in [0.1, 0.15) is 6.10 Å². The molecule has 4 heteroatoms. The number of unbranched alkanes of at least 4 members (excludes halogenated alkanes) is 17.